The summed E-state index contributed by atoms with van der Waals surface area (Å²) >= 11 is 0. The molecule has 4 N–H and O–H groups in total. The molecule has 182 valence electrons. The number of aromatic nitrogens is 6. The first-order chi connectivity index (χ1) is 17.1. The Morgan fingerprint density at radius 1 is 1.00 bits per heavy atom. The maximum atomic E-state index is 13.4. The highest BCUT2D eigenvalue weighted by Gasteiger charge is 2.26. The van der Waals surface area contributed by atoms with Gasteiger partial charge < -0.3 is 15.4 Å². The minimum absolute atomic E-state index is 0.0237. The summed E-state index contributed by atoms with van der Waals surface area (Å²) in [5.74, 6) is 0.0237. The second-order valence-corrected chi connectivity index (χ2v) is 9.16. The van der Waals surface area contributed by atoms with Gasteiger partial charge in [-0.05, 0) is 32.0 Å². The van der Waals surface area contributed by atoms with E-state index in [-0.39, 0.29) is 18.1 Å². The minimum Gasteiger partial charge on any atom is -0.384 e. The van der Waals surface area contributed by atoms with Gasteiger partial charge in [0, 0.05) is 30.4 Å². The summed E-state index contributed by atoms with van der Waals surface area (Å²) in [5, 5.41) is 13.5. The third kappa shape index (κ3) is 4.07. The van der Waals surface area contributed by atoms with E-state index in [2.05, 4.69) is 15.1 Å². The molecule has 0 bridgehead atoms. The summed E-state index contributed by atoms with van der Waals surface area (Å²) in [6.45, 7) is 3.43. The Kier molecular flexibility index (Phi) is 5.52. The summed E-state index contributed by atoms with van der Waals surface area (Å²) in [6.07, 6.45) is 1.70. The monoisotopic (exact) mass is 484 g/mol. The minimum atomic E-state index is -1.12. The van der Waals surface area contributed by atoms with Crippen LogP contribution in [-0.2, 0) is 19.2 Å². The lowest BCUT2D eigenvalue weighted by Crippen LogP contribution is -2.44. The Morgan fingerprint density at radius 2 is 1.75 bits per heavy atom. The number of hydrogen-bond acceptors (Lipinski definition) is 6. The molecule has 0 aliphatic carbocycles. The van der Waals surface area contributed by atoms with Crippen molar-refractivity contribution in [3.05, 3.63) is 99.1 Å². The van der Waals surface area contributed by atoms with Gasteiger partial charge in [-0.15, -0.1) is 9.38 Å². The molecule has 4 heterocycles. The highest BCUT2D eigenvalue weighted by Crippen LogP contribution is 2.32. The zero-order valence-electron chi connectivity index (χ0n) is 20.1. The maximum absolute atomic E-state index is 13.4. The van der Waals surface area contributed by atoms with Crippen molar-refractivity contribution in [3.8, 4) is 22.4 Å². The topological polar surface area (TPSA) is 136 Å². The quantitative estimate of drug-likeness (QED) is 0.324. The molecule has 0 fully saturated rings. The first kappa shape index (κ1) is 23.2. The molecule has 0 amide bonds. The molecule has 1 aromatic carbocycles. The van der Waals surface area contributed by atoms with Crippen LogP contribution in [0.1, 0.15) is 25.2 Å². The number of anilines is 1. The molecular formula is C26H26N7O3+. The molecule has 0 spiro atoms. The highest BCUT2D eigenvalue weighted by atomic mass is 16.3. The number of aromatic amines is 1. The third-order valence-corrected chi connectivity index (χ3v) is 5.99. The number of aryl methyl sites for hydroxylation is 1. The van der Waals surface area contributed by atoms with Gasteiger partial charge in [0.1, 0.15) is 17.8 Å². The van der Waals surface area contributed by atoms with Crippen molar-refractivity contribution in [1.82, 2.24) is 24.3 Å². The predicted molar refractivity (Wildman–Crippen MR) is 135 cm³/mol. The van der Waals surface area contributed by atoms with Crippen molar-refractivity contribution in [2.24, 2.45) is 7.05 Å². The zero-order valence-corrected chi connectivity index (χ0v) is 20.1. The van der Waals surface area contributed by atoms with E-state index in [9.17, 15) is 14.7 Å². The summed E-state index contributed by atoms with van der Waals surface area (Å²) in [7, 11) is 1.66. The molecule has 0 unspecified atom stereocenters. The molecule has 10 heteroatoms. The lowest BCUT2D eigenvalue weighted by Gasteiger charge is -2.16. The molecule has 0 saturated carbocycles. The number of nitrogens with two attached hydrogens (primary N) is 1. The molecule has 0 aliphatic heterocycles. The van der Waals surface area contributed by atoms with Crippen LogP contribution in [0, 0.1) is 0 Å². The molecule has 5 aromatic rings. The smallest absolute Gasteiger partial charge is 0.384 e. The van der Waals surface area contributed by atoms with Crippen LogP contribution in [0.2, 0.25) is 0 Å². The first-order valence-electron chi connectivity index (χ1n) is 11.4. The number of aliphatic hydroxyl groups is 1. The number of nitrogens with one attached hydrogen (secondary N) is 1. The maximum Gasteiger partial charge on any atom is 0.428 e. The number of fused-ring (bicyclic) bond motifs is 1. The summed E-state index contributed by atoms with van der Waals surface area (Å²) in [4.78, 5) is 34.6. The van der Waals surface area contributed by atoms with Crippen LogP contribution in [0.4, 0.5) is 5.95 Å². The van der Waals surface area contributed by atoms with Gasteiger partial charge in [0.25, 0.3) is 0 Å². The molecular weight excluding hydrogens is 458 g/mol. The average molecular weight is 485 g/mol. The summed E-state index contributed by atoms with van der Waals surface area (Å²) in [6, 6.07) is 18.0. The molecule has 0 aliphatic rings. The highest BCUT2D eigenvalue weighted by molar-refractivity contribution is 5.88. The van der Waals surface area contributed by atoms with E-state index in [1.807, 2.05) is 30.3 Å². The molecule has 0 atom stereocenters. The van der Waals surface area contributed by atoms with E-state index in [1.54, 1.807) is 51.4 Å². The van der Waals surface area contributed by atoms with Gasteiger partial charge >= 0.3 is 11.6 Å². The average Bonchev–Trinajstić information content (AvgIpc) is 3.17. The van der Waals surface area contributed by atoms with E-state index in [0.717, 1.165) is 5.56 Å². The number of rotatable bonds is 5. The Bertz CT molecular complexity index is 1710. The van der Waals surface area contributed by atoms with Gasteiger partial charge in [-0.2, -0.15) is 4.68 Å². The van der Waals surface area contributed by atoms with Gasteiger partial charge in [-0.3, -0.25) is 9.78 Å². The van der Waals surface area contributed by atoms with E-state index in [0.29, 0.717) is 33.9 Å². The van der Waals surface area contributed by atoms with Crippen molar-refractivity contribution in [2.75, 3.05) is 5.73 Å². The standard InChI is InChI=1S/C26H25N7O3/c1-26(2,36)19-11-7-10-18(28-19)15-32-25(35)33-23(30-32)21(17-12-13-20(34)31(3)14-17)22(29-24(33)27)16-8-5-4-6-9-16/h4-14,36H,15H2,1-3H3,(H2,27,29,30)/p+1. The van der Waals surface area contributed by atoms with Gasteiger partial charge in [-0.1, -0.05) is 36.4 Å². The largest absolute Gasteiger partial charge is 0.428 e. The number of benzene rings is 1. The number of nitrogens with zero attached hydrogens (tertiary/aromatic N) is 5. The number of H-pyrrole nitrogens is 1. The number of hydrogen-bond donors (Lipinski definition) is 3. The van der Waals surface area contributed by atoms with Crippen LogP contribution in [-0.4, -0.2) is 29.4 Å². The number of pyridine rings is 2. The first-order valence-corrected chi connectivity index (χ1v) is 11.4. The number of nitrogen functional groups attached to an aromatic ring is 1. The lowest BCUT2D eigenvalue weighted by molar-refractivity contribution is -0.516. The second kappa shape index (κ2) is 8.58. The molecule has 5 rings (SSSR count). The molecule has 0 radical (unpaired) electrons. The van der Waals surface area contributed by atoms with Crippen LogP contribution in [0.5, 0.6) is 0 Å². The zero-order chi connectivity index (χ0) is 25.6. The Balaban J connectivity index is 1.76. The Morgan fingerprint density at radius 3 is 2.44 bits per heavy atom. The second-order valence-electron chi connectivity index (χ2n) is 9.16. The molecule has 10 nitrogen and oxygen atoms in total. The summed E-state index contributed by atoms with van der Waals surface area (Å²) in [5.41, 5.74) is 8.81. The van der Waals surface area contributed by atoms with Crippen LogP contribution in [0.25, 0.3) is 28.0 Å². The van der Waals surface area contributed by atoms with E-state index < -0.39 is 11.3 Å². The fourth-order valence-corrected chi connectivity index (χ4v) is 4.15. The van der Waals surface area contributed by atoms with Crippen molar-refractivity contribution >= 4 is 11.6 Å². The molecule has 4 aromatic heterocycles. The van der Waals surface area contributed by atoms with Crippen LogP contribution in [0.15, 0.2) is 76.4 Å². The Hall–Kier alpha value is -4.57. The van der Waals surface area contributed by atoms with Gasteiger partial charge in [0.2, 0.25) is 11.2 Å². The summed E-state index contributed by atoms with van der Waals surface area (Å²) < 4.78 is 4.18. The van der Waals surface area contributed by atoms with Crippen molar-refractivity contribution in [3.63, 3.8) is 0 Å². The third-order valence-electron chi connectivity index (χ3n) is 5.99. The van der Waals surface area contributed by atoms with Crippen LogP contribution >= 0.6 is 0 Å². The van der Waals surface area contributed by atoms with Crippen molar-refractivity contribution in [2.45, 2.75) is 26.0 Å². The van der Waals surface area contributed by atoms with Crippen molar-refractivity contribution < 1.29 is 9.51 Å². The van der Waals surface area contributed by atoms with Crippen LogP contribution in [0.3, 0.4) is 0 Å². The fraction of sp³-hybridized carbons (Fsp3) is 0.192. The lowest BCUT2D eigenvalue weighted by atomic mass is 10.0. The van der Waals surface area contributed by atoms with Gasteiger partial charge in [-0.25, -0.2) is 9.89 Å². The van der Waals surface area contributed by atoms with Crippen molar-refractivity contribution in [1.29, 1.82) is 0 Å². The van der Waals surface area contributed by atoms with Gasteiger partial charge in [0.15, 0.2) is 0 Å². The van der Waals surface area contributed by atoms with E-state index >= 15 is 0 Å². The van der Waals surface area contributed by atoms with E-state index in [4.69, 9.17) is 5.73 Å². The van der Waals surface area contributed by atoms with E-state index in [1.165, 1.54) is 19.7 Å². The molecule has 36 heavy (non-hydrogen) atoms. The van der Waals surface area contributed by atoms with Gasteiger partial charge in [0.05, 0.1) is 17.0 Å². The fourth-order valence-electron chi connectivity index (χ4n) is 4.15. The normalized spacial score (nSPS) is 11.8. The SMILES string of the molecule is Cn1cc(-c2c(-c3ccccc3)nc(N)[n+]3c(=O)n(Cc4cccc(C(C)(C)O)n4)[nH]c23)ccc1=O. The Labute approximate surface area is 205 Å². The predicted octanol–water partition coefficient (Wildman–Crippen LogP) is 1.60. The van der Waals surface area contributed by atoms with Crippen LogP contribution < -0.4 is 21.4 Å². The molecule has 0 saturated heterocycles.